The van der Waals surface area contributed by atoms with Crippen LogP contribution in [0, 0.1) is 0 Å². The van der Waals surface area contributed by atoms with Gasteiger partial charge in [-0.05, 0) is 0 Å². The Hall–Kier alpha value is -0.200. The van der Waals surface area contributed by atoms with E-state index in [0.717, 1.165) is 0 Å². The molecule has 0 bridgehead atoms. The third kappa shape index (κ3) is 1.14. The van der Waals surface area contributed by atoms with E-state index in [9.17, 15) is 0 Å². The van der Waals surface area contributed by atoms with Crippen LogP contribution in [0.3, 0.4) is 0 Å². The number of ether oxygens (including phenoxy) is 1. The predicted molar refractivity (Wildman–Crippen MR) is 30.0 cm³/mol. The molecular weight excluding hydrogens is 140 g/mol. The van der Waals surface area contributed by atoms with Crippen molar-refractivity contribution in [2.75, 3.05) is 6.56 Å². The average molecular weight is 153 g/mol. The highest BCUT2D eigenvalue weighted by Gasteiger charge is 2.41. The van der Waals surface area contributed by atoms with Gasteiger partial charge in [0.25, 0.3) is 0 Å². The van der Waals surface area contributed by atoms with Gasteiger partial charge in [0, 0.05) is 0 Å². The molecule has 0 amide bonds. The van der Waals surface area contributed by atoms with Gasteiger partial charge in [0.1, 0.15) is 18.3 Å². The Balaban J connectivity index is 2.91. The van der Waals surface area contributed by atoms with Crippen molar-refractivity contribution in [1.82, 2.24) is 0 Å². The summed E-state index contributed by atoms with van der Waals surface area (Å²) in [4.78, 5) is 0. The number of hydrogen-bond acceptors (Lipinski definition) is 5. The molecule has 1 heterocycles. The molecule has 1 aliphatic rings. The second kappa shape index (κ2) is 2.81. The van der Waals surface area contributed by atoms with Crippen LogP contribution in [-0.4, -0.2) is 51.6 Å². The molecule has 5 heteroatoms. The molecule has 0 aromatic rings. The van der Waals surface area contributed by atoms with Crippen molar-refractivity contribution in [2.45, 2.75) is 24.6 Å². The third-order valence-electron chi connectivity index (χ3n) is 1.23. The third-order valence-corrected chi connectivity index (χ3v) is 1.23. The van der Waals surface area contributed by atoms with E-state index in [1.165, 1.54) is 0 Å². The fraction of sp³-hybridized carbons (Fsp3) is 1.00. The highest BCUT2D eigenvalue weighted by Crippen LogP contribution is 2.18. The van der Waals surface area contributed by atoms with Crippen molar-refractivity contribution in [1.29, 1.82) is 0 Å². The highest BCUT2D eigenvalue weighted by atomic mass is 16.6. The summed E-state index contributed by atoms with van der Waals surface area (Å²) in [5, 5.41) is 35.8. The summed E-state index contributed by atoms with van der Waals surface area (Å²) in [5.41, 5.74) is 0. The summed E-state index contributed by atoms with van der Waals surface area (Å²) in [7, 11) is 0. The van der Waals surface area contributed by atoms with Gasteiger partial charge in [-0.3, -0.25) is 0 Å². The van der Waals surface area contributed by atoms with Gasteiger partial charge in [-0.1, -0.05) is 0 Å². The van der Waals surface area contributed by atoms with Crippen LogP contribution in [0.15, 0.2) is 0 Å². The van der Waals surface area contributed by atoms with E-state index in [4.69, 9.17) is 24.5 Å². The van der Waals surface area contributed by atoms with E-state index >= 15 is 0 Å². The average Bonchev–Trinajstić information content (AvgIpc) is 2.12. The maximum atomic E-state index is 9.16. The summed E-state index contributed by atoms with van der Waals surface area (Å²) >= 11 is 0. The number of aliphatic hydroxyl groups is 4. The number of hydrogen-bond donors (Lipinski definition) is 4. The molecule has 0 aromatic carbocycles. The van der Waals surface area contributed by atoms with E-state index in [0.29, 0.717) is 0 Å². The van der Waals surface area contributed by atoms with Crippen molar-refractivity contribution in [3.63, 3.8) is 0 Å². The Bertz CT molecular complexity index is 203. The lowest BCUT2D eigenvalue weighted by molar-refractivity contribution is -0.132. The van der Waals surface area contributed by atoms with E-state index in [1.807, 2.05) is 0 Å². The summed E-state index contributed by atoms with van der Waals surface area (Å²) < 4.78 is 24.9. The van der Waals surface area contributed by atoms with Crippen molar-refractivity contribution in [3.8, 4) is 0 Å². The maximum Gasteiger partial charge on any atom is 0.184 e. The minimum absolute atomic E-state index is 1.88. The van der Waals surface area contributed by atoms with Gasteiger partial charge in [0.2, 0.25) is 0 Å². The molecule has 1 aliphatic heterocycles. The molecule has 0 spiro atoms. The molecule has 60 valence electrons. The van der Waals surface area contributed by atoms with Gasteiger partial charge in [-0.15, -0.1) is 0 Å². The Kier molecular flexibility index (Phi) is 1.30. The quantitative estimate of drug-likeness (QED) is 0.332. The lowest BCUT2D eigenvalue weighted by Crippen LogP contribution is -2.33. The zero-order valence-corrected chi connectivity index (χ0v) is 4.93. The molecule has 4 N–H and O–H groups in total. The normalized spacial score (nSPS) is 61.2. The Labute approximate surface area is 61.7 Å². The van der Waals surface area contributed by atoms with Crippen molar-refractivity contribution in [2.24, 2.45) is 0 Å². The van der Waals surface area contributed by atoms with Gasteiger partial charge in [0.15, 0.2) is 6.29 Å². The Morgan fingerprint density at radius 1 is 1.50 bits per heavy atom. The number of aliphatic hydroxyl groups excluding tert-OH is 2. The van der Waals surface area contributed by atoms with Gasteiger partial charge < -0.3 is 25.2 Å². The first-order chi connectivity index (χ1) is 5.67. The molecular formula is C5H10O5. The first kappa shape index (κ1) is 4.63. The summed E-state index contributed by atoms with van der Waals surface area (Å²) in [6.45, 7) is -3.01. The molecule has 1 unspecified atom stereocenters. The van der Waals surface area contributed by atoms with Crippen LogP contribution in [0.1, 0.15) is 4.11 Å². The van der Waals surface area contributed by atoms with Crippen molar-refractivity contribution >= 4 is 0 Å². The Morgan fingerprint density at radius 2 is 2.10 bits per heavy atom. The highest BCUT2D eigenvalue weighted by molar-refractivity contribution is 4.84. The standard InChI is InChI=1S/C5H10O5/c6-1-2-3(7)4(8)5(9)10-2/h2-9H,1H2/t2-,3+,4?,5-/m1/s1/i1D2,3D. The van der Waals surface area contributed by atoms with Gasteiger partial charge >= 0.3 is 0 Å². The maximum absolute atomic E-state index is 9.16. The summed E-state index contributed by atoms with van der Waals surface area (Å²) in [6, 6.07) is 0. The first-order valence-electron chi connectivity index (χ1n) is 4.13. The van der Waals surface area contributed by atoms with Crippen LogP contribution < -0.4 is 0 Å². The first-order valence-corrected chi connectivity index (χ1v) is 2.63. The Morgan fingerprint density at radius 3 is 2.30 bits per heavy atom. The lowest BCUT2D eigenvalue weighted by Gasteiger charge is -2.09. The molecule has 0 radical (unpaired) electrons. The van der Waals surface area contributed by atoms with Crippen LogP contribution in [0.5, 0.6) is 0 Å². The molecule has 0 aromatic heterocycles. The monoisotopic (exact) mass is 153 g/mol. The zero-order chi connectivity index (χ0) is 10.4. The van der Waals surface area contributed by atoms with Crippen LogP contribution in [0.4, 0.5) is 0 Å². The molecule has 10 heavy (non-hydrogen) atoms. The molecule has 0 aliphatic carbocycles. The fourth-order valence-corrected chi connectivity index (χ4v) is 0.681. The molecule has 1 fully saturated rings. The lowest BCUT2D eigenvalue weighted by atomic mass is 10.1. The van der Waals surface area contributed by atoms with Crippen LogP contribution >= 0.6 is 0 Å². The molecule has 0 saturated carbocycles. The molecule has 5 nitrogen and oxygen atoms in total. The van der Waals surface area contributed by atoms with Gasteiger partial charge in [0.05, 0.1) is 10.7 Å². The van der Waals surface area contributed by atoms with Crippen LogP contribution in [0.25, 0.3) is 0 Å². The van der Waals surface area contributed by atoms with E-state index in [1.54, 1.807) is 0 Å². The molecule has 4 atom stereocenters. The van der Waals surface area contributed by atoms with Gasteiger partial charge in [-0.25, -0.2) is 0 Å². The zero-order valence-electron chi connectivity index (χ0n) is 7.93. The SMILES string of the molecule is [2H]C([2H])(O)[C@H]1O[C@@H](O)C(O)[C@@]1([2H])O. The molecule has 1 saturated heterocycles. The molecule has 1 rings (SSSR count). The minimum Gasteiger partial charge on any atom is -0.394 e. The van der Waals surface area contributed by atoms with E-state index in [2.05, 4.69) is 4.74 Å². The van der Waals surface area contributed by atoms with E-state index in [-0.39, 0.29) is 0 Å². The van der Waals surface area contributed by atoms with E-state index < -0.39 is 31.1 Å². The number of rotatable bonds is 1. The topological polar surface area (TPSA) is 90.2 Å². The predicted octanol–water partition coefficient (Wildman–Crippen LogP) is -2.58. The van der Waals surface area contributed by atoms with Gasteiger partial charge in [-0.2, -0.15) is 0 Å². The second-order valence-corrected chi connectivity index (χ2v) is 1.91. The minimum atomic E-state index is -3.01. The summed E-state index contributed by atoms with van der Waals surface area (Å²) in [6.07, 6.45) is -8.63. The largest absolute Gasteiger partial charge is 0.394 e. The van der Waals surface area contributed by atoms with Crippen molar-refractivity contribution < 1.29 is 29.3 Å². The summed E-state index contributed by atoms with van der Waals surface area (Å²) in [5.74, 6) is 0. The van der Waals surface area contributed by atoms with Crippen LogP contribution in [0.2, 0.25) is 0 Å². The van der Waals surface area contributed by atoms with Crippen LogP contribution in [-0.2, 0) is 4.74 Å². The second-order valence-electron chi connectivity index (χ2n) is 1.91. The van der Waals surface area contributed by atoms with Crippen molar-refractivity contribution in [3.05, 3.63) is 0 Å². The smallest absolute Gasteiger partial charge is 0.184 e. The fourth-order valence-electron chi connectivity index (χ4n) is 0.681.